The first-order valence-corrected chi connectivity index (χ1v) is 10.5. The van der Waals surface area contributed by atoms with E-state index in [1.807, 2.05) is 18.2 Å². The van der Waals surface area contributed by atoms with Gasteiger partial charge in [0.05, 0.1) is 20.8 Å². The van der Waals surface area contributed by atoms with Crippen LogP contribution in [0.1, 0.15) is 30.1 Å². The van der Waals surface area contributed by atoms with Gasteiger partial charge in [0.2, 0.25) is 5.91 Å². The normalized spacial score (nSPS) is 16.6. The van der Waals surface area contributed by atoms with E-state index in [0.717, 1.165) is 10.8 Å². The van der Waals surface area contributed by atoms with Gasteiger partial charge in [-0.25, -0.2) is 4.79 Å². The van der Waals surface area contributed by atoms with E-state index < -0.39 is 12.0 Å². The number of benzene rings is 2. The molecule has 2 amide bonds. The van der Waals surface area contributed by atoms with E-state index in [4.69, 9.17) is 14.2 Å². The number of rotatable bonds is 9. The van der Waals surface area contributed by atoms with E-state index in [9.17, 15) is 14.4 Å². The van der Waals surface area contributed by atoms with Gasteiger partial charge in [-0.15, -0.1) is 0 Å². The molecule has 0 radical (unpaired) electrons. The van der Waals surface area contributed by atoms with Crippen molar-refractivity contribution in [3.8, 4) is 11.5 Å². The van der Waals surface area contributed by atoms with Gasteiger partial charge in [0, 0.05) is 30.1 Å². The zero-order chi connectivity index (χ0) is 23.1. The lowest BCUT2D eigenvalue weighted by Crippen LogP contribution is -2.36. The van der Waals surface area contributed by atoms with Gasteiger partial charge in [0.25, 0.3) is 5.91 Å². The number of carbonyl (C=O) groups is 3. The summed E-state index contributed by atoms with van der Waals surface area (Å²) < 4.78 is 15.6. The molecule has 2 atom stereocenters. The molecule has 1 aliphatic heterocycles. The number of fused-ring (bicyclic) bond motifs is 1. The molecular formula is C24H28N2O6. The van der Waals surface area contributed by atoms with Gasteiger partial charge >= 0.3 is 5.97 Å². The van der Waals surface area contributed by atoms with Crippen LogP contribution in [0.4, 0.5) is 0 Å². The number of hydrogen-bond donors (Lipinski definition) is 2. The summed E-state index contributed by atoms with van der Waals surface area (Å²) in [6, 6.07) is 8.48. The fraction of sp³-hybridized carbons (Fsp3) is 0.375. The Balaban J connectivity index is 1.81. The average Bonchev–Trinajstić information content (AvgIpc) is 3.20. The van der Waals surface area contributed by atoms with E-state index >= 15 is 0 Å². The fourth-order valence-corrected chi connectivity index (χ4v) is 3.72. The highest BCUT2D eigenvalue weighted by atomic mass is 16.5. The molecule has 0 unspecified atom stereocenters. The molecule has 0 spiro atoms. The van der Waals surface area contributed by atoms with Crippen LogP contribution in [-0.4, -0.2) is 51.2 Å². The maximum absolute atomic E-state index is 13.0. The van der Waals surface area contributed by atoms with Crippen molar-refractivity contribution in [2.24, 2.45) is 5.92 Å². The van der Waals surface area contributed by atoms with Crippen LogP contribution in [-0.2, 0) is 14.3 Å². The van der Waals surface area contributed by atoms with Gasteiger partial charge in [0.15, 0.2) is 11.5 Å². The molecule has 2 aromatic rings. The summed E-state index contributed by atoms with van der Waals surface area (Å²) in [6.07, 6.45) is 3.96. The highest BCUT2D eigenvalue weighted by Crippen LogP contribution is 2.32. The van der Waals surface area contributed by atoms with Crippen LogP contribution in [0.25, 0.3) is 10.8 Å². The van der Waals surface area contributed by atoms with Crippen molar-refractivity contribution in [2.45, 2.75) is 25.8 Å². The second-order valence-electron chi connectivity index (χ2n) is 7.47. The van der Waals surface area contributed by atoms with Crippen LogP contribution in [0.2, 0.25) is 0 Å². The van der Waals surface area contributed by atoms with Gasteiger partial charge in [-0.3, -0.25) is 9.59 Å². The summed E-state index contributed by atoms with van der Waals surface area (Å²) in [6.45, 7) is 2.59. The minimum atomic E-state index is -0.498. The minimum absolute atomic E-state index is 0.0412. The lowest BCUT2D eigenvalue weighted by Gasteiger charge is -2.18. The summed E-state index contributed by atoms with van der Waals surface area (Å²) in [4.78, 5) is 36.7. The Morgan fingerprint density at radius 1 is 1.16 bits per heavy atom. The molecule has 2 N–H and O–H groups in total. The number of ether oxygens (including phenoxy) is 3. The lowest BCUT2D eigenvalue weighted by atomic mass is 9.97. The Hall–Kier alpha value is -3.55. The zero-order valence-corrected chi connectivity index (χ0v) is 18.5. The molecule has 0 bridgehead atoms. The third-order valence-corrected chi connectivity index (χ3v) is 5.37. The van der Waals surface area contributed by atoms with Gasteiger partial charge < -0.3 is 24.8 Å². The fourth-order valence-electron chi connectivity index (χ4n) is 3.72. The Morgan fingerprint density at radius 2 is 1.88 bits per heavy atom. The maximum Gasteiger partial charge on any atom is 0.330 e. The molecule has 0 aromatic heterocycles. The Morgan fingerprint density at radius 3 is 2.50 bits per heavy atom. The Bertz CT molecular complexity index is 1030. The number of hydrogen-bond acceptors (Lipinski definition) is 6. The third-order valence-electron chi connectivity index (χ3n) is 5.37. The molecule has 8 heteroatoms. The van der Waals surface area contributed by atoms with Crippen molar-refractivity contribution >= 4 is 28.6 Å². The van der Waals surface area contributed by atoms with E-state index in [1.165, 1.54) is 6.08 Å². The van der Waals surface area contributed by atoms with Crippen LogP contribution >= 0.6 is 0 Å². The molecule has 0 saturated carbocycles. The number of carbonyl (C=O) groups excluding carboxylic acids is 3. The molecule has 8 nitrogen and oxygen atoms in total. The smallest absolute Gasteiger partial charge is 0.330 e. The van der Waals surface area contributed by atoms with Crippen LogP contribution < -0.4 is 20.1 Å². The van der Waals surface area contributed by atoms with E-state index in [-0.39, 0.29) is 24.3 Å². The van der Waals surface area contributed by atoms with Crippen molar-refractivity contribution in [3.63, 3.8) is 0 Å². The van der Waals surface area contributed by atoms with Crippen LogP contribution in [0.15, 0.2) is 42.5 Å². The lowest BCUT2D eigenvalue weighted by molar-refractivity contribution is -0.137. The van der Waals surface area contributed by atoms with Crippen LogP contribution in [0.5, 0.6) is 11.5 Å². The van der Waals surface area contributed by atoms with Crippen molar-refractivity contribution in [3.05, 3.63) is 48.0 Å². The largest absolute Gasteiger partial charge is 0.493 e. The molecular weight excluding hydrogens is 412 g/mol. The SMILES string of the molecule is CCOC(=O)C=C[C@H](C[C@@H]1CCNC1=O)NC(=O)c1ccc2cc(OC)c(OC)cc2c1. The zero-order valence-electron chi connectivity index (χ0n) is 18.5. The summed E-state index contributed by atoms with van der Waals surface area (Å²) >= 11 is 0. The minimum Gasteiger partial charge on any atom is -0.493 e. The van der Waals surface area contributed by atoms with Gasteiger partial charge in [0.1, 0.15) is 0 Å². The highest BCUT2D eigenvalue weighted by Gasteiger charge is 2.27. The second-order valence-corrected chi connectivity index (χ2v) is 7.47. The monoisotopic (exact) mass is 440 g/mol. The predicted molar refractivity (Wildman–Crippen MR) is 120 cm³/mol. The molecule has 170 valence electrons. The predicted octanol–water partition coefficient (Wildman–Crippen LogP) is 2.60. The Kier molecular flexibility index (Phi) is 7.70. The highest BCUT2D eigenvalue weighted by molar-refractivity contribution is 5.99. The van der Waals surface area contributed by atoms with E-state index in [2.05, 4.69) is 10.6 Å². The van der Waals surface area contributed by atoms with E-state index in [0.29, 0.717) is 36.4 Å². The Labute approximate surface area is 186 Å². The van der Waals surface area contributed by atoms with Gasteiger partial charge in [-0.05, 0) is 54.8 Å². The summed E-state index contributed by atoms with van der Waals surface area (Å²) in [7, 11) is 3.12. The standard InChI is InChI=1S/C24H28N2O6/c1-4-32-22(27)8-7-19(12-17-9-10-25-23(17)28)26-24(29)16-6-5-15-13-20(30-2)21(31-3)14-18(15)11-16/h5-8,11,13-14,17,19H,4,9-10,12H2,1-3H3,(H,25,28)(H,26,29)/t17-,19+/m0/s1. The number of amides is 2. The van der Waals surface area contributed by atoms with Crippen molar-refractivity contribution in [2.75, 3.05) is 27.4 Å². The average molecular weight is 440 g/mol. The van der Waals surface area contributed by atoms with Gasteiger partial charge in [-0.1, -0.05) is 12.1 Å². The number of nitrogens with one attached hydrogen (secondary N) is 2. The molecule has 2 aromatic carbocycles. The van der Waals surface area contributed by atoms with Crippen molar-refractivity contribution in [1.29, 1.82) is 0 Å². The third kappa shape index (κ3) is 5.57. The number of methoxy groups -OCH3 is 2. The first-order valence-electron chi connectivity index (χ1n) is 10.5. The van der Waals surface area contributed by atoms with E-state index in [1.54, 1.807) is 39.4 Å². The van der Waals surface area contributed by atoms with Crippen LogP contribution in [0.3, 0.4) is 0 Å². The summed E-state index contributed by atoms with van der Waals surface area (Å²) in [5.41, 5.74) is 0.454. The second kappa shape index (κ2) is 10.7. The molecule has 1 aliphatic rings. The number of esters is 1. The molecule has 1 fully saturated rings. The first-order chi connectivity index (χ1) is 15.4. The molecule has 32 heavy (non-hydrogen) atoms. The molecule has 1 saturated heterocycles. The molecule has 1 heterocycles. The summed E-state index contributed by atoms with van der Waals surface area (Å²) in [5.74, 6) is 0.116. The van der Waals surface area contributed by atoms with Crippen molar-refractivity contribution in [1.82, 2.24) is 10.6 Å². The maximum atomic E-state index is 13.0. The summed E-state index contributed by atoms with van der Waals surface area (Å²) in [5, 5.41) is 7.45. The van der Waals surface area contributed by atoms with Crippen LogP contribution in [0, 0.1) is 5.92 Å². The topological polar surface area (TPSA) is 103 Å². The molecule has 3 rings (SSSR count). The van der Waals surface area contributed by atoms with Crippen molar-refractivity contribution < 1.29 is 28.6 Å². The molecule has 0 aliphatic carbocycles. The van der Waals surface area contributed by atoms with Gasteiger partial charge in [-0.2, -0.15) is 0 Å². The first kappa shape index (κ1) is 23.1. The quantitative estimate of drug-likeness (QED) is 0.459.